The number of aryl methyl sites for hydroxylation is 2. The number of hydrogen-bond acceptors (Lipinski definition) is 7. The summed E-state index contributed by atoms with van der Waals surface area (Å²) in [4.78, 5) is 34.8. The van der Waals surface area contributed by atoms with E-state index >= 15 is 0 Å². The number of carbonyl (C=O) groups excluding carboxylic acids is 2. The van der Waals surface area contributed by atoms with Gasteiger partial charge in [-0.05, 0) is 67.4 Å². The molecule has 218 valence electrons. The predicted octanol–water partition coefficient (Wildman–Crippen LogP) is 5.38. The van der Waals surface area contributed by atoms with E-state index in [4.69, 9.17) is 5.14 Å². The summed E-state index contributed by atoms with van der Waals surface area (Å²) >= 11 is 0. The van der Waals surface area contributed by atoms with Crippen molar-refractivity contribution in [3.05, 3.63) is 94.7 Å². The molecule has 0 saturated heterocycles. The molecule has 0 bridgehead atoms. The van der Waals surface area contributed by atoms with Crippen LogP contribution in [0.15, 0.2) is 71.8 Å². The lowest BCUT2D eigenvalue weighted by molar-refractivity contribution is -0.137. The second-order valence-electron chi connectivity index (χ2n) is 9.13. The molecule has 0 fully saturated rings. The van der Waals surface area contributed by atoms with Crippen molar-refractivity contribution in [3.63, 3.8) is 0 Å². The third-order valence-electron chi connectivity index (χ3n) is 6.13. The molecular formula is C28H26F3N7O3S. The lowest BCUT2D eigenvalue weighted by Crippen LogP contribution is -2.17. The van der Waals surface area contributed by atoms with E-state index in [1.165, 1.54) is 18.3 Å². The zero-order valence-electron chi connectivity index (χ0n) is 22.6. The highest BCUT2D eigenvalue weighted by Crippen LogP contribution is 2.30. The van der Waals surface area contributed by atoms with Crippen molar-refractivity contribution in [2.75, 3.05) is 28.3 Å². The Morgan fingerprint density at radius 3 is 2.31 bits per heavy atom. The molecule has 0 radical (unpaired) electrons. The molecule has 0 aliphatic heterocycles. The molecule has 0 saturated carbocycles. The number of nitrogens with zero attached hydrogens (tertiary/aromatic N) is 2. The first kappa shape index (κ1) is 30.1. The van der Waals surface area contributed by atoms with Gasteiger partial charge < -0.3 is 21.3 Å². The fourth-order valence-corrected chi connectivity index (χ4v) is 4.52. The number of hydrogen-bond donors (Lipinski definition) is 5. The predicted molar refractivity (Wildman–Crippen MR) is 155 cm³/mol. The molecule has 1 atom stereocenters. The van der Waals surface area contributed by atoms with Gasteiger partial charge in [-0.25, -0.2) is 14.3 Å². The van der Waals surface area contributed by atoms with Gasteiger partial charge in [0.2, 0.25) is 5.95 Å². The number of alkyl halides is 3. The molecule has 1 unspecified atom stereocenters. The van der Waals surface area contributed by atoms with Crippen LogP contribution >= 0.6 is 0 Å². The number of aromatic nitrogens is 2. The topological polar surface area (TPSA) is 151 Å². The number of nitrogens with one attached hydrogen (secondary N) is 4. The molecule has 1 heterocycles. The van der Waals surface area contributed by atoms with Gasteiger partial charge in [0.15, 0.2) is 0 Å². The van der Waals surface area contributed by atoms with Crippen molar-refractivity contribution in [1.29, 1.82) is 0 Å². The van der Waals surface area contributed by atoms with E-state index in [1.807, 2.05) is 0 Å². The molecule has 0 spiro atoms. The van der Waals surface area contributed by atoms with Crippen LogP contribution in [0.3, 0.4) is 0 Å². The third kappa shape index (κ3) is 7.08. The molecule has 6 N–H and O–H groups in total. The minimum atomic E-state index is -4.59. The van der Waals surface area contributed by atoms with Crippen molar-refractivity contribution in [2.45, 2.75) is 24.9 Å². The van der Waals surface area contributed by atoms with Crippen molar-refractivity contribution in [1.82, 2.24) is 9.97 Å². The van der Waals surface area contributed by atoms with Crippen LogP contribution in [0.1, 0.15) is 37.4 Å². The molecule has 10 nitrogen and oxygen atoms in total. The molecule has 3 aromatic carbocycles. The largest absolute Gasteiger partial charge is 0.416 e. The van der Waals surface area contributed by atoms with Gasteiger partial charge in [0.05, 0.1) is 10.5 Å². The van der Waals surface area contributed by atoms with Crippen LogP contribution in [0.4, 0.5) is 42.0 Å². The van der Waals surface area contributed by atoms with Gasteiger partial charge >= 0.3 is 6.18 Å². The molecular weight excluding hydrogens is 571 g/mol. The molecule has 14 heteroatoms. The summed E-state index contributed by atoms with van der Waals surface area (Å²) < 4.78 is 50.9. The zero-order chi connectivity index (χ0) is 30.6. The van der Waals surface area contributed by atoms with Crippen LogP contribution in [0.2, 0.25) is 0 Å². The van der Waals surface area contributed by atoms with Gasteiger partial charge in [-0.2, -0.15) is 18.2 Å². The van der Waals surface area contributed by atoms with Crippen LogP contribution in [0.25, 0.3) is 0 Å². The molecule has 42 heavy (non-hydrogen) atoms. The van der Waals surface area contributed by atoms with Crippen LogP contribution in [0, 0.1) is 13.8 Å². The van der Waals surface area contributed by atoms with Gasteiger partial charge in [-0.1, -0.05) is 18.2 Å². The van der Waals surface area contributed by atoms with Gasteiger partial charge in [-0.3, -0.25) is 9.59 Å². The Morgan fingerprint density at radius 2 is 1.62 bits per heavy atom. The molecule has 0 aliphatic carbocycles. The highest BCUT2D eigenvalue weighted by atomic mass is 32.2. The Morgan fingerprint density at radius 1 is 0.905 bits per heavy atom. The highest BCUT2D eigenvalue weighted by molar-refractivity contribution is 7.82. The number of amides is 2. The van der Waals surface area contributed by atoms with Crippen molar-refractivity contribution in [2.24, 2.45) is 5.14 Å². The van der Waals surface area contributed by atoms with E-state index in [0.29, 0.717) is 21.8 Å². The number of nitrogens with two attached hydrogens (primary N) is 1. The summed E-state index contributed by atoms with van der Waals surface area (Å²) in [5.41, 5.74) is 1.61. The first-order valence-electron chi connectivity index (χ1n) is 12.3. The summed E-state index contributed by atoms with van der Waals surface area (Å²) in [6, 6.07) is 13.9. The monoisotopic (exact) mass is 597 g/mol. The van der Waals surface area contributed by atoms with E-state index in [0.717, 1.165) is 23.8 Å². The fraction of sp³-hybridized carbons (Fsp3) is 0.143. The molecule has 0 aliphatic rings. The van der Waals surface area contributed by atoms with Crippen LogP contribution in [0.5, 0.6) is 0 Å². The number of rotatable bonds is 8. The average Bonchev–Trinajstić information content (AvgIpc) is 2.95. The number of halogens is 3. The summed E-state index contributed by atoms with van der Waals surface area (Å²) in [6.07, 6.45) is -3.26. The summed E-state index contributed by atoms with van der Waals surface area (Å²) in [5.74, 6) is -0.906. The standard InChI is InChI=1S/C28H26F3N7O3S/c1-15-7-9-19(35-25(39)17-5-4-6-18(11-17)28(29,30)31)12-22(15)37-26(40)21-14-34-27(38-24(21)33-3)36-20-10-8-16(2)23(13-20)42(32)41/h4-14H,32H2,1-3H3,(H,35,39)(H,37,40)(H2,33,34,36,38). The fourth-order valence-electron chi connectivity index (χ4n) is 3.89. The molecule has 2 amide bonds. The first-order chi connectivity index (χ1) is 19.8. The maximum Gasteiger partial charge on any atom is 0.416 e. The van der Waals surface area contributed by atoms with Crippen molar-refractivity contribution in [3.8, 4) is 0 Å². The number of benzene rings is 3. The van der Waals surface area contributed by atoms with Gasteiger partial charge in [-0.15, -0.1) is 0 Å². The second kappa shape index (κ2) is 12.4. The van der Waals surface area contributed by atoms with Gasteiger partial charge in [0, 0.05) is 35.9 Å². The molecule has 1 aromatic heterocycles. The molecule has 4 rings (SSSR count). The Bertz CT molecular complexity index is 1700. The maximum atomic E-state index is 13.2. The Hall–Kier alpha value is -4.82. The summed E-state index contributed by atoms with van der Waals surface area (Å²) in [6.45, 7) is 3.52. The molecule has 4 aromatic rings. The Kier molecular flexibility index (Phi) is 8.87. The normalized spacial score (nSPS) is 11.9. The number of carbonyl (C=O) groups is 2. The first-order valence-corrected chi connectivity index (χ1v) is 13.6. The SMILES string of the molecule is CNc1nc(Nc2ccc(C)c(S(N)=O)c2)ncc1C(=O)Nc1cc(NC(=O)c2cccc(C(F)(F)F)c2)ccc1C. The van der Waals surface area contributed by atoms with Gasteiger partial charge in [0.1, 0.15) is 22.4 Å². The Labute approximate surface area is 241 Å². The minimum Gasteiger partial charge on any atom is -0.372 e. The highest BCUT2D eigenvalue weighted by Gasteiger charge is 2.31. The smallest absolute Gasteiger partial charge is 0.372 e. The Balaban J connectivity index is 1.51. The minimum absolute atomic E-state index is 0.119. The van der Waals surface area contributed by atoms with Crippen LogP contribution in [-0.4, -0.2) is 33.0 Å². The van der Waals surface area contributed by atoms with Gasteiger partial charge in [0.25, 0.3) is 11.8 Å². The third-order valence-corrected chi connectivity index (χ3v) is 7.00. The van der Waals surface area contributed by atoms with E-state index in [9.17, 15) is 27.0 Å². The van der Waals surface area contributed by atoms with E-state index < -0.39 is 34.5 Å². The second-order valence-corrected chi connectivity index (χ2v) is 10.2. The lowest BCUT2D eigenvalue weighted by Gasteiger charge is -2.14. The summed E-state index contributed by atoms with van der Waals surface area (Å²) in [5, 5.41) is 16.7. The van der Waals surface area contributed by atoms with E-state index in [2.05, 4.69) is 31.2 Å². The lowest BCUT2D eigenvalue weighted by atomic mass is 10.1. The van der Waals surface area contributed by atoms with Crippen LogP contribution < -0.4 is 26.4 Å². The number of anilines is 5. The van der Waals surface area contributed by atoms with Crippen LogP contribution in [-0.2, 0) is 17.2 Å². The summed E-state index contributed by atoms with van der Waals surface area (Å²) in [7, 11) is -0.0929. The zero-order valence-corrected chi connectivity index (χ0v) is 23.4. The van der Waals surface area contributed by atoms with Crippen molar-refractivity contribution >= 4 is 51.6 Å². The quantitative estimate of drug-likeness (QED) is 0.183. The van der Waals surface area contributed by atoms with Crippen molar-refractivity contribution < 1.29 is 27.0 Å². The van der Waals surface area contributed by atoms with E-state index in [-0.39, 0.29) is 28.6 Å². The maximum absolute atomic E-state index is 13.2. The average molecular weight is 598 g/mol. The van der Waals surface area contributed by atoms with E-state index in [1.54, 1.807) is 51.2 Å².